The predicted octanol–water partition coefficient (Wildman–Crippen LogP) is 0.280. The number of hydrogen-bond donors (Lipinski definition) is 2. The van der Waals surface area contributed by atoms with Crippen LogP contribution < -0.4 is 10.6 Å². The Labute approximate surface area is 85.4 Å². The molecule has 82 valence electrons. The summed E-state index contributed by atoms with van der Waals surface area (Å²) in [5, 5.41) is 6.17. The maximum Gasteiger partial charge on any atom is 0.221 e. The van der Waals surface area contributed by atoms with Gasteiger partial charge >= 0.3 is 0 Å². The topological polar surface area (TPSA) is 50.4 Å². The van der Waals surface area contributed by atoms with Gasteiger partial charge in [0.05, 0.1) is 19.3 Å². The molecule has 0 aliphatic carbocycles. The molecular weight excluding hydrogens is 180 g/mol. The molecular formula is C10H20N2O2. The van der Waals surface area contributed by atoms with E-state index in [0.717, 1.165) is 6.54 Å². The van der Waals surface area contributed by atoms with Gasteiger partial charge < -0.3 is 15.4 Å². The summed E-state index contributed by atoms with van der Waals surface area (Å²) in [6, 6.07) is 0.247. The van der Waals surface area contributed by atoms with Crippen LogP contribution in [0.15, 0.2) is 0 Å². The van der Waals surface area contributed by atoms with Crippen molar-refractivity contribution in [1.82, 2.24) is 10.6 Å². The van der Waals surface area contributed by atoms with Crippen molar-refractivity contribution in [3.8, 4) is 0 Å². The zero-order valence-electron chi connectivity index (χ0n) is 9.22. The molecule has 4 nitrogen and oxygen atoms in total. The van der Waals surface area contributed by atoms with Crippen LogP contribution in [-0.4, -0.2) is 37.2 Å². The van der Waals surface area contributed by atoms with Crippen LogP contribution in [0.4, 0.5) is 0 Å². The molecule has 0 radical (unpaired) electrons. The van der Waals surface area contributed by atoms with E-state index in [0.29, 0.717) is 19.6 Å². The third-order valence-electron chi connectivity index (χ3n) is 2.01. The van der Waals surface area contributed by atoms with Crippen LogP contribution in [0.5, 0.6) is 0 Å². The molecule has 0 unspecified atom stereocenters. The Balaban J connectivity index is 2.03. The highest BCUT2D eigenvalue weighted by Gasteiger charge is 2.20. The van der Waals surface area contributed by atoms with Crippen molar-refractivity contribution >= 4 is 5.91 Å². The lowest BCUT2D eigenvalue weighted by molar-refractivity contribution is -0.125. The summed E-state index contributed by atoms with van der Waals surface area (Å²) in [6.45, 7) is 8.32. The predicted molar refractivity (Wildman–Crippen MR) is 55.1 cm³/mol. The summed E-state index contributed by atoms with van der Waals surface area (Å²) in [7, 11) is 0. The first kappa shape index (κ1) is 11.5. The van der Waals surface area contributed by atoms with Crippen LogP contribution >= 0.6 is 0 Å². The number of ether oxygens (including phenoxy) is 1. The molecule has 4 heteroatoms. The molecule has 0 spiro atoms. The van der Waals surface area contributed by atoms with E-state index in [-0.39, 0.29) is 17.5 Å². The number of rotatable bonds is 4. The Bertz CT molecular complexity index is 195. The highest BCUT2D eigenvalue weighted by molar-refractivity contribution is 5.76. The van der Waals surface area contributed by atoms with Crippen molar-refractivity contribution in [3.63, 3.8) is 0 Å². The second kappa shape index (κ2) is 4.75. The van der Waals surface area contributed by atoms with E-state index in [1.54, 1.807) is 0 Å². The molecule has 0 aromatic rings. The fourth-order valence-electron chi connectivity index (χ4n) is 1.17. The minimum Gasteiger partial charge on any atom is -0.377 e. The molecule has 0 bridgehead atoms. The Kier molecular flexibility index (Phi) is 3.89. The highest BCUT2D eigenvalue weighted by atomic mass is 16.5. The Morgan fingerprint density at radius 3 is 2.50 bits per heavy atom. The quantitative estimate of drug-likeness (QED) is 0.685. The standard InChI is InChI=1S/C10H20N2O2/c1-10(2,3)11-5-4-9(13)12-8-6-14-7-8/h8,11H,4-7H2,1-3H3,(H,12,13). The lowest BCUT2D eigenvalue weighted by atomic mass is 10.1. The van der Waals surface area contributed by atoms with Gasteiger partial charge in [0.15, 0.2) is 0 Å². The van der Waals surface area contributed by atoms with Gasteiger partial charge in [0.25, 0.3) is 0 Å². The molecule has 0 atom stereocenters. The molecule has 1 amide bonds. The van der Waals surface area contributed by atoms with Gasteiger partial charge in [-0.25, -0.2) is 0 Å². The summed E-state index contributed by atoms with van der Waals surface area (Å²) >= 11 is 0. The van der Waals surface area contributed by atoms with Gasteiger partial charge in [0, 0.05) is 18.5 Å². The molecule has 1 aliphatic rings. The maximum atomic E-state index is 11.3. The minimum atomic E-state index is 0.0832. The van der Waals surface area contributed by atoms with Gasteiger partial charge in [-0.1, -0.05) is 0 Å². The average Bonchev–Trinajstić information content (AvgIpc) is 1.94. The lowest BCUT2D eigenvalue weighted by Crippen LogP contribution is -2.49. The third-order valence-corrected chi connectivity index (χ3v) is 2.01. The molecule has 0 saturated carbocycles. The second-order valence-corrected chi connectivity index (χ2v) is 4.73. The Morgan fingerprint density at radius 1 is 1.43 bits per heavy atom. The molecule has 1 aliphatic heterocycles. The van der Waals surface area contributed by atoms with Crippen LogP contribution in [0.1, 0.15) is 27.2 Å². The van der Waals surface area contributed by atoms with Crippen molar-refractivity contribution in [2.45, 2.75) is 38.8 Å². The first-order chi connectivity index (χ1) is 6.47. The van der Waals surface area contributed by atoms with Crippen LogP contribution in [0.25, 0.3) is 0 Å². The van der Waals surface area contributed by atoms with E-state index < -0.39 is 0 Å². The van der Waals surface area contributed by atoms with E-state index in [1.165, 1.54) is 0 Å². The van der Waals surface area contributed by atoms with Crippen molar-refractivity contribution in [3.05, 3.63) is 0 Å². The molecule has 1 rings (SSSR count). The van der Waals surface area contributed by atoms with E-state index in [4.69, 9.17) is 4.74 Å². The first-order valence-corrected chi connectivity index (χ1v) is 5.09. The molecule has 0 aromatic heterocycles. The fraction of sp³-hybridized carbons (Fsp3) is 0.900. The van der Waals surface area contributed by atoms with E-state index in [2.05, 4.69) is 31.4 Å². The van der Waals surface area contributed by atoms with Crippen molar-refractivity contribution in [2.24, 2.45) is 0 Å². The van der Waals surface area contributed by atoms with Gasteiger partial charge in [-0.3, -0.25) is 4.79 Å². The van der Waals surface area contributed by atoms with Crippen molar-refractivity contribution < 1.29 is 9.53 Å². The van der Waals surface area contributed by atoms with E-state index in [9.17, 15) is 4.79 Å². The SMILES string of the molecule is CC(C)(C)NCCC(=O)NC1COC1. The van der Waals surface area contributed by atoms with E-state index >= 15 is 0 Å². The van der Waals surface area contributed by atoms with Crippen molar-refractivity contribution in [2.75, 3.05) is 19.8 Å². The molecule has 1 fully saturated rings. The normalized spacial score (nSPS) is 17.6. The van der Waals surface area contributed by atoms with Gasteiger partial charge in [-0.15, -0.1) is 0 Å². The Hall–Kier alpha value is -0.610. The monoisotopic (exact) mass is 200 g/mol. The van der Waals surface area contributed by atoms with Gasteiger partial charge in [-0.05, 0) is 20.8 Å². The van der Waals surface area contributed by atoms with Crippen LogP contribution in [0.3, 0.4) is 0 Å². The number of carbonyl (C=O) groups is 1. The Morgan fingerprint density at radius 2 is 2.07 bits per heavy atom. The summed E-state index contributed by atoms with van der Waals surface area (Å²) < 4.78 is 4.96. The molecule has 1 saturated heterocycles. The van der Waals surface area contributed by atoms with E-state index in [1.807, 2.05) is 0 Å². The smallest absolute Gasteiger partial charge is 0.221 e. The number of nitrogens with one attached hydrogen (secondary N) is 2. The lowest BCUT2D eigenvalue weighted by Gasteiger charge is -2.27. The summed E-state index contributed by atoms with van der Waals surface area (Å²) in [5.41, 5.74) is 0.0832. The second-order valence-electron chi connectivity index (χ2n) is 4.73. The van der Waals surface area contributed by atoms with Crippen LogP contribution in [0, 0.1) is 0 Å². The van der Waals surface area contributed by atoms with Gasteiger partial charge in [0.2, 0.25) is 5.91 Å². The maximum absolute atomic E-state index is 11.3. The molecule has 1 heterocycles. The largest absolute Gasteiger partial charge is 0.377 e. The molecule has 0 aromatic carbocycles. The molecule has 14 heavy (non-hydrogen) atoms. The van der Waals surface area contributed by atoms with Gasteiger partial charge in [-0.2, -0.15) is 0 Å². The summed E-state index contributed by atoms with van der Waals surface area (Å²) in [4.78, 5) is 11.3. The highest BCUT2D eigenvalue weighted by Crippen LogP contribution is 2.00. The molecule has 2 N–H and O–H groups in total. The first-order valence-electron chi connectivity index (χ1n) is 5.09. The van der Waals surface area contributed by atoms with Crippen molar-refractivity contribution in [1.29, 1.82) is 0 Å². The van der Waals surface area contributed by atoms with Crippen LogP contribution in [0.2, 0.25) is 0 Å². The zero-order chi connectivity index (χ0) is 10.6. The average molecular weight is 200 g/mol. The zero-order valence-corrected chi connectivity index (χ0v) is 9.22. The van der Waals surface area contributed by atoms with Crippen LogP contribution in [-0.2, 0) is 9.53 Å². The third kappa shape index (κ3) is 4.58. The number of carbonyl (C=O) groups excluding carboxylic acids is 1. The summed E-state index contributed by atoms with van der Waals surface area (Å²) in [6.07, 6.45) is 0.535. The summed E-state index contributed by atoms with van der Waals surface area (Å²) in [5.74, 6) is 0.107. The fourth-order valence-corrected chi connectivity index (χ4v) is 1.17. The minimum absolute atomic E-state index is 0.0832. The number of amides is 1. The van der Waals surface area contributed by atoms with Gasteiger partial charge in [0.1, 0.15) is 0 Å². The number of hydrogen-bond acceptors (Lipinski definition) is 3.